The van der Waals surface area contributed by atoms with Crippen molar-refractivity contribution in [1.82, 2.24) is 0 Å². The number of carbonyl (C=O) groups excluding carboxylic acids is 2. The second-order valence-corrected chi connectivity index (χ2v) is 8.39. The summed E-state index contributed by atoms with van der Waals surface area (Å²) < 4.78 is 0. The lowest BCUT2D eigenvalue weighted by Gasteiger charge is -2.21. The van der Waals surface area contributed by atoms with Crippen LogP contribution in [0.2, 0.25) is 0 Å². The largest absolute Gasteiger partial charge is 0.234 e. The van der Waals surface area contributed by atoms with Crippen molar-refractivity contribution in [1.29, 1.82) is 0 Å². The van der Waals surface area contributed by atoms with Crippen molar-refractivity contribution in [2.24, 2.45) is 0 Å². The van der Waals surface area contributed by atoms with Crippen LogP contribution in [0.1, 0.15) is 52.4 Å². The van der Waals surface area contributed by atoms with E-state index in [-0.39, 0.29) is 0 Å². The molecule has 2 nitrogen and oxygen atoms in total. The molecule has 0 N–H and O–H groups in total. The number of hydrogen-bond donors (Lipinski definition) is 0. The molecule has 3 heteroatoms. The Hall–Kier alpha value is -0.980. The predicted octanol–water partition coefficient (Wildman–Crippen LogP) is 4.09. The van der Waals surface area contributed by atoms with E-state index < -0.39 is 6.89 Å². The van der Waals surface area contributed by atoms with Crippen molar-refractivity contribution < 1.29 is 9.59 Å². The minimum Gasteiger partial charge on any atom is -0.234 e. The Morgan fingerprint density at radius 2 is 1.42 bits per heavy atom. The van der Waals surface area contributed by atoms with Gasteiger partial charge >= 0.3 is 0 Å². The van der Waals surface area contributed by atoms with E-state index in [0.29, 0.717) is 0 Å². The molecule has 19 heavy (non-hydrogen) atoms. The third-order valence-electron chi connectivity index (χ3n) is 3.09. The topological polar surface area (TPSA) is 34.1 Å². The minimum absolute atomic E-state index is 0.755. The zero-order chi connectivity index (χ0) is 15.0. The number of hydrogen-bond acceptors (Lipinski definition) is 2. The molecule has 0 atom stereocenters. The highest BCUT2D eigenvalue weighted by molar-refractivity contribution is 7.74. The lowest BCUT2D eigenvalue weighted by atomic mass is 10.3. The first kappa shape index (κ1) is 20.3. The molecule has 0 aliphatic heterocycles. The van der Waals surface area contributed by atoms with Gasteiger partial charge < -0.3 is 0 Å². The van der Waals surface area contributed by atoms with Gasteiger partial charge in [0, 0.05) is 0 Å². The molecule has 0 heterocycles. The molecular weight excluding hydrogens is 255 g/mol. The molecule has 0 fully saturated rings. The molecule has 0 rings (SSSR count). The van der Waals surface area contributed by atoms with E-state index in [2.05, 4.69) is 32.4 Å². The summed E-state index contributed by atoms with van der Waals surface area (Å²) in [6, 6.07) is 0. The van der Waals surface area contributed by atoms with Gasteiger partial charge in [-0.3, -0.25) is 0 Å². The standard InChI is InChI=1S/C14H25O2P.C2H2/c1-3-5-11-17(14-16,12-6-4-2)13-9-7-8-10-15;1-2/h8H,3-7,9,11-13H2,1-2H3;1-2H. The SMILES string of the molecule is C#C.CCCCP(=C=O)(CCCC)CCCC=C=O. The number of rotatable bonds is 10. The minimum atomic E-state index is -1.51. The highest BCUT2D eigenvalue weighted by atomic mass is 31.2. The van der Waals surface area contributed by atoms with Crippen LogP contribution < -0.4 is 0 Å². The fourth-order valence-corrected chi connectivity index (χ4v) is 5.52. The summed E-state index contributed by atoms with van der Waals surface area (Å²) in [5.74, 6) is 1.80. The molecule has 0 aromatic carbocycles. The average Bonchev–Trinajstić information content (AvgIpc) is 2.48. The smallest absolute Gasteiger partial charge is 0.120 e. The van der Waals surface area contributed by atoms with Crippen LogP contribution in [0, 0.1) is 12.8 Å². The summed E-state index contributed by atoms with van der Waals surface area (Å²) in [6.07, 6.45) is 18.8. The fraction of sp³-hybridized carbons (Fsp3) is 0.688. The molecular formula is C16H27O2P. The Bertz CT molecular complexity index is 333. The molecule has 0 saturated carbocycles. The van der Waals surface area contributed by atoms with E-state index in [4.69, 9.17) is 0 Å². The Kier molecular flexibility index (Phi) is 16.1. The third-order valence-corrected chi connectivity index (χ3v) is 7.00. The van der Waals surface area contributed by atoms with Gasteiger partial charge in [0.1, 0.15) is 11.6 Å². The molecule has 0 aromatic rings. The zero-order valence-corrected chi connectivity index (χ0v) is 13.3. The van der Waals surface area contributed by atoms with Gasteiger partial charge in [-0.2, -0.15) is 0 Å². The van der Waals surface area contributed by atoms with Crippen LogP contribution in [-0.4, -0.2) is 30.1 Å². The molecule has 0 bridgehead atoms. The number of allylic oxidation sites excluding steroid dienone is 1. The van der Waals surface area contributed by atoms with Gasteiger partial charge in [0.15, 0.2) is 0 Å². The first-order valence-corrected chi connectivity index (χ1v) is 9.37. The summed E-state index contributed by atoms with van der Waals surface area (Å²) >= 11 is 0. The van der Waals surface area contributed by atoms with E-state index in [0.717, 1.165) is 57.0 Å². The Morgan fingerprint density at radius 1 is 0.947 bits per heavy atom. The van der Waals surface area contributed by atoms with Gasteiger partial charge in [-0.25, -0.2) is 9.59 Å². The van der Waals surface area contributed by atoms with Crippen molar-refractivity contribution in [2.75, 3.05) is 18.5 Å². The van der Waals surface area contributed by atoms with Gasteiger partial charge in [0.2, 0.25) is 0 Å². The normalized spacial score (nSPS) is 9.68. The van der Waals surface area contributed by atoms with Gasteiger partial charge in [0.05, 0.1) is 0 Å². The lowest BCUT2D eigenvalue weighted by molar-refractivity contribution is 0.568. The summed E-state index contributed by atoms with van der Waals surface area (Å²) in [5, 5.41) is 0. The molecule has 0 aromatic heterocycles. The van der Waals surface area contributed by atoms with E-state index >= 15 is 0 Å². The lowest BCUT2D eigenvalue weighted by Crippen LogP contribution is -2.02. The third kappa shape index (κ3) is 10.6. The molecule has 0 saturated heterocycles. The van der Waals surface area contributed by atoms with E-state index in [1.54, 1.807) is 5.94 Å². The van der Waals surface area contributed by atoms with Crippen LogP contribution in [0.5, 0.6) is 0 Å². The average molecular weight is 282 g/mol. The maximum absolute atomic E-state index is 11.3. The van der Waals surface area contributed by atoms with Gasteiger partial charge in [-0.1, -0.05) is 26.7 Å². The summed E-state index contributed by atoms with van der Waals surface area (Å²) in [7, 11) is 0. The second-order valence-electron chi connectivity index (χ2n) is 4.58. The molecule has 0 radical (unpaired) electrons. The Balaban J connectivity index is 0. The molecule has 0 aliphatic carbocycles. The van der Waals surface area contributed by atoms with E-state index in [1.165, 1.54) is 6.08 Å². The van der Waals surface area contributed by atoms with Crippen LogP contribution in [0.4, 0.5) is 0 Å². The first-order valence-electron chi connectivity index (χ1n) is 7.03. The maximum Gasteiger partial charge on any atom is 0.120 e. The predicted molar refractivity (Wildman–Crippen MR) is 86.4 cm³/mol. The van der Waals surface area contributed by atoms with Gasteiger partial charge in [0.25, 0.3) is 0 Å². The summed E-state index contributed by atoms with van der Waals surface area (Å²) in [4.78, 5) is 21.4. The molecule has 0 amide bonds. The van der Waals surface area contributed by atoms with Gasteiger partial charge in [-0.15, -0.1) is 12.8 Å². The first-order chi connectivity index (χ1) is 9.24. The second kappa shape index (κ2) is 15.1. The summed E-state index contributed by atoms with van der Waals surface area (Å²) in [6.45, 7) is 2.82. The zero-order valence-electron chi connectivity index (χ0n) is 12.4. The quantitative estimate of drug-likeness (QED) is 0.262. The molecule has 0 unspecified atom stereocenters. The number of unbranched alkanes of at least 4 members (excludes halogenated alkanes) is 3. The molecule has 0 aliphatic rings. The van der Waals surface area contributed by atoms with Crippen LogP contribution in [0.15, 0.2) is 6.08 Å². The van der Waals surface area contributed by atoms with Crippen molar-refractivity contribution in [3.63, 3.8) is 0 Å². The molecule has 0 spiro atoms. The van der Waals surface area contributed by atoms with Crippen molar-refractivity contribution >= 4 is 18.5 Å². The van der Waals surface area contributed by atoms with Crippen LogP contribution in [-0.2, 0) is 9.59 Å². The van der Waals surface area contributed by atoms with Gasteiger partial charge in [-0.05, 0) is 57.1 Å². The highest BCUT2D eigenvalue weighted by Gasteiger charge is 2.17. The van der Waals surface area contributed by atoms with E-state index in [1.807, 2.05) is 0 Å². The van der Waals surface area contributed by atoms with E-state index in [9.17, 15) is 9.59 Å². The van der Waals surface area contributed by atoms with Crippen molar-refractivity contribution in [2.45, 2.75) is 52.4 Å². The van der Waals surface area contributed by atoms with Crippen LogP contribution in [0.3, 0.4) is 0 Å². The molecule has 108 valence electrons. The van der Waals surface area contributed by atoms with Crippen molar-refractivity contribution in [3.8, 4) is 12.8 Å². The Morgan fingerprint density at radius 3 is 1.79 bits per heavy atom. The summed E-state index contributed by atoms with van der Waals surface area (Å²) in [5.41, 5.74) is 2.41. The fourth-order valence-electron chi connectivity index (χ4n) is 1.95. The van der Waals surface area contributed by atoms with Crippen LogP contribution in [0.25, 0.3) is 0 Å². The maximum atomic E-state index is 11.3. The highest BCUT2D eigenvalue weighted by Crippen LogP contribution is 2.48. The van der Waals surface area contributed by atoms with Crippen molar-refractivity contribution in [3.05, 3.63) is 6.08 Å². The Labute approximate surface area is 118 Å². The number of terminal acetylenes is 1. The monoisotopic (exact) mass is 282 g/mol. The van der Waals surface area contributed by atoms with Crippen LogP contribution >= 0.6 is 6.89 Å².